The molecule has 2 aromatic heterocycles. The lowest BCUT2D eigenvalue weighted by atomic mass is 10.2. The monoisotopic (exact) mass is 312 g/mol. The zero-order chi connectivity index (χ0) is 15.4. The SMILES string of the molecule is Cc1nn(C)c2c1[nH]c(=S)n2-c1cccc(C(F)(F)F)c1. The molecule has 3 aromatic rings. The Morgan fingerprint density at radius 1 is 1.29 bits per heavy atom. The highest BCUT2D eigenvalue weighted by molar-refractivity contribution is 7.71. The number of alkyl halides is 3. The highest BCUT2D eigenvalue weighted by Gasteiger charge is 2.30. The van der Waals surface area contributed by atoms with E-state index in [1.165, 1.54) is 6.07 Å². The summed E-state index contributed by atoms with van der Waals surface area (Å²) in [5.41, 5.74) is 1.74. The van der Waals surface area contributed by atoms with Crippen LogP contribution in [0.1, 0.15) is 11.3 Å². The molecule has 0 saturated carbocycles. The number of hydrogen-bond acceptors (Lipinski definition) is 2. The number of halogens is 3. The summed E-state index contributed by atoms with van der Waals surface area (Å²) < 4.78 is 42.0. The molecule has 1 aromatic carbocycles. The summed E-state index contributed by atoms with van der Waals surface area (Å²) in [5, 5.41) is 4.24. The minimum Gasteiger partial charge on any atom is -0.327 e. The van der Waals surface area contributed by atoms with Gasteiger partial charge >= 0.3 is 6.18 Å². The highest BCUT2D eigenvalue weighted by atomic mass is 32.1. The normalized spacial score (nSPS) is 12.2. The van der Waals surface area contributed by atoms with Crippen molar-refractivity contribution in [2.45, 2.75) is 13.1 Å². The molecule has 0 unspecified atom stereocenters. The van der Waals surface area contributed by atoms with Crippen molar-refractivity contribution in [3.63, 3.8) is 0 Å². The van der Waals surface area contributed by atoms with Crippen molar-refractivity contribution in [1.82, 2.24) is 19.3 Å². The first-order valence-corrected chi connectivity index (χ1v) is 6.52. The lowest BCUT2D eigenvalue weighted by Crippen LogP contribution is -2.07. The van der Waals surface area contributed by atoms with Crippen LogP contribution in [0.4, 0.5) is 13.2 Å². The smallest absolute Gasteiger partial charge is 0.327 e. The quantitative estimate of drug-likeness (QED) is 0.695. The van der Waals surface area contributed by atoms with Crippen molar-refractivity contribution < 1.29 is 13.2 Å². The molecule has 0 fully saturated rings. The molecule has 2 heterocycles. The molecule has 0 atom stereocenters. The molecule has 1 N–H and O–H groups in total. The van der Waals surface area contributed by atoms with E-state index in [0.29, 0.717) is 16.1 Å². The van der Waals surface area contributed by atoms with E-state index in [2.05, 4.69) is 10.1 Å². The minimum atomic E-state index is -4.39. The third kappa shape index (κ3) is 2.15. The van der Waals surface area contributed by atoms with Gasteiger partial charge in [-0.3, -0.25) is 4.57 Å². The van der Waals surface area contributed by atoms with Crippen LogP contribution in [0.3, 0.4) is 0 Å². The second-order valence-electron chi connectivity index (χ2n) is 4.72. The van der Waals surface area contributed by atoms with Gasteiger partial charge in [0, 0.05) is 7.05 Å². The maximum Gasteiger partial charge on any atom is 0.416 e. The van der Waals surface area contributed by atoms with Gasteiger partial charge in [0.15, 0.2) is 10.4 Å². The summed E-state index contributed by atoms with van der Waals surface area (Å²) in [6, 6.07) is 5.06. The zero-order valence-corrected chi connectivity index (χ0v) is 12.0. The van der Waals surface area contributed by atoms with Crippen molar-refractivity contribution >= 4 is 23.4 Å². The number of rotatable bonds is 1. The topological polar surface area (TPSA) is 38.5 Å². The van der Waals surface area contributed by atoms with E-state index in [1.54, 1.807) is 22.4 Å². The summed E-state index contributed by atoms with van der Waals surface area (Å²) in [6.07, 6.45) is -4.39. The number of nitrogens with zero attached hydrogens (tertiary/aromatic N) is 3. The highest BCUT2D eigenvalue weighted by Crippen LogP contribution is 2.31. The Kier molecular flexibility index (Phi) is 2.94. The first kappa shape index (κ1) is 13.9. The Hall–Kier alpha value is -2.09. The van der Waals surface area contributed by atoms with Crippen LogP contribution in [-0.4, -0.2) is 19.3 Å². The number of aryl methyl sites for hydroxylation is 2. The molecule has 0 amide bonds. The number of fused-ring (bicyclic) bond motifs is 1. The molecule has 0 radical (unpaired) electrons. The summed E-state index contributed by atoms with van der Waals surface area (Å²) in [5.74, 6) is 0. The number of benzene rings is 1. The molecule has 3 rings (SSSR count). The Bertz CT molecular complexity index is 885. The molecule has 0 bridgehead atoms. The van der Waals surface area contributed by atoms with E-state index in [0.717, 1.165) is 23.3 Å². The van der Waals surface area contributed by atoms with Crippen molar-refractivity contribution in [3.05, 3.63) is 40.3 Å². The van der Waals surface area contributed by atoms with E-state index < -0.39 is 11.7 Å². The zero-order valence-electron chi connectivity index (χ0n) is 11.2. The summed E-state index contributed by atoms with van der Waals surface area (Å²) >= 11 is 5.23. The molecular weight excluding hydrogens is 301 g/mol. The lowest BCUT2D eigenvalue weighted by Gasteiger charge is -2.10. The van der Waals surface area contributed by atoms with Gasteiger partial charge in [-0.05, 0) is 37.3 Å². The Morgan fingerprint density at radius 2 is 2.00 bits per heavy atom. The lowest BCUT2D eigenvalue weighted by molar-refractivity contribution is -0.137. The van der Waals surface area contributed by atoms with Gasteiger partial charge in [-0.1, -0.05) is 6.07 Å². The van der Waals surface area contributed by atoms with E-state index in [1.807, 2.05) is 6.92 Å². The van der Waals surface area contributed by atoms with Crippen LogP contribution in [0.25, 0.3) is 16.9 Å². The summed E-state index contributed by atoms with van der Waals surface area (Å²) in [7, 11) is 1.72. The minimum absolute atomic E-state index is 0.334. The molecule has 0 aliphatic rings. The van der Waals surface area contributed by atoms with Crippen LogP contribution in [0, 0.1) is 11.7 Å². The van der Waals surface area contributed by atoms with E-state index in [9.17, 15) is 13.2 Å². The Labute approximate surface area is 122 Å². The molecule has 110 valence electrons. The van der Waals surface area contributed by atoms with Crippen LogP contribution in [-0.2, 0) is 13.2 Å². The molecular formula is C13H11F3N4S. The predicted octanol–water partition coefficient (Wildman–Crippen LogP) is 3.75. The maximum absolute atomic E-state index is 12.8. The predicted molar refractivity (Wildman–Crippen MR) is 75.0 cm³/mol. The third-order valence-electron chi connectivity index (χ3n) is 3.27. The number of aromatic amines is 1. The number of H-pyrrole nitrogens is 1. The molecule has 4 nitrogen and oxygen atoms in total. The fourth-order valence-electron chi connectivity index (χ4n) is 2.37. The van der Waals surface area contributed by atoms with Crippen LogP contribution in [0.5, 0.6) is 0 Å². The molecule has 0 aliphatic carbocycles. The summed E-state index contributed by atoms with van der Waals surface area (Å²) in [6.45, 7) is 1.81. The standard InChI is InChI=1S/C13H11F3N4S/c1-7-10-11(19(2)18-7)20(12(21)17-10)9-5-3-4-8(6-9)13(14,15)16/h3-6H,1-2H3,(H,17,21). The summed E-state index contributed by atoms with van der Waals surface area (Å²) in [4.78, 5) is 2.99. The van der Waals surface area contributed by atoms with Crippen LogP contribution in [0.2, 0.25) is 0 Å². The van der Waals surface area contributed by atoms with E-state index in [4.69, 9.17) is 12.2 Å². The first-order valence-electron chi connectivity index (χ1n) is 6.11. The fraction of sp³-hybridized carbons (Fsp3) is 0.231. The Balaban J connectivity index is 2.31. The third-order valence-corrected chi connectivity index (χ3v) is 3.56. The second kappa shape index (κ2) is 4.45. The molecule has 0 saturated heterocycles. The van der Waals surface area contributed by atoms with Gasteiger partial charge in [0.25, 0.3) is 0 Å². The van der Waals surface area contributed by atoms with Crippen molar-refractivity contribution in [2.24, 2.45) is 7.05 Å². The first-order chi connectivity index (χ1) is 9.79. The maximum atomic E-state index is 12.8. The fourth-order valence-corrected chi connectivity index (χ4v) is 2.66. The number of aromatic nitrogens is 4. The molecule has 0 aliphatic heterocycles. The van der Waals surface area contributed by atoms with Gasteiger partial charge in [0.2, 0.25) is 0 Å². The average Bonchev–Trinajstić information content (AvgIpc) is 2.87. The number of nitrogens with one attached hydrogen (secondary N) is 1. The Morgan fingerprint density at radius 3 is 2.67 bits per heavy atom. The molecule has 0 spiro atoms. The van der Waals surface area contributed by atoms with E-state index >= 15 is 0 Å². The molecule has 21 heavy (non-hydrogen) atoms. The van der Waals surface area contributed by atoms with Crippen molar-refractivity contribution in [1.29, 1.82) is 0 Å². The average molecular weight is 312 g/mol. The van der Waals surface area contributed by atoms with Crippen molar-refractivity contribution in [3.8, 4) is 5.69 Å². The van der Waals surface area contributed by atoms with Crippen LogP contribution < -0.4 is 0 Å². The van der Waals surface area contributed by atoms with Gasteiger partial charge in [-0.2, -0.15) is 18.3 Å². The largest absolute Gasteiger partial charge is 0.416 e. The van der Waals surface area contributed by atoms with Gasteiger partial charge in [-0.15, -0.1) is 0 Å². The molecule has 8 heteroatoms. The van der Waals surface area contributed by atoms with Gasteiger partial charge in [0.1, 0.15) is 5.52 Å². The van der Waals surface area contributed by atoms with Gasteiger partial charge < -0.3 is 4.98 Å². The van der Waals surface area contributed by atoms with Crippen molar-refractivity contribution in [2.75, 3.05) is 0 Å². The van der Waals surface area contributed by atoms with Gasteiger partial charge in [-0.25, -0.2) is 4.68 Å². The number of hydrogen-bond donors (Lipinski definition) is 1. The second-order valence-corrected chi connectivity index (χ2v) is 5.11. The van der Waals surface area contributed by atoms with E-state index in [-0.39, 0.29) is 0 Å². The van der Waals surface area contributed by atoms with Crippen LogP contribution >= 0.6 is 12.2 Å². The van der Waals surface area contributed by atoms with Crippen LogP contribution in [0.15, 0.2) is 24.3 Å². The number of imidazole rings is 1. The van der Waals surface area contributed by atoms with Gasteiger partial charge in [0.05, 0.1) is 16.9 Å².